The number of fused-ring (bicyclic) bond motifs is 1. The van der Waals surface area contributed by atoms with Gasteiger partial charge < -0.3 is 14.7 Å². The molecule has 1 heterocycles. The van der Waals surface area contributed by atoms with Crippen LogP contribution in [0.5, 0.6) is 5.75 Å². The summed E-state index contributed by atoms with van der Waals surface area (Å²) in [5, 5.41) is 9.00. The van der Waals surface area contributed by atoms with Crippen molar-refractivity contribution in [1.29, 1.82) is 0 Å². The number of benzene rings is 2. The normalized spacial score (nSPS) is 14.5. The fourth-order valence-corrected chi connectivity index (χ4v) is 2.34. The van der Waals surface area contributed by atoms with Gasteiger partial charge in [-0.2, -0.15) is 0 Å². The van der Waals surface area contributed by atoms with E-state index < -0.39 is 5.97 Å². The lowest BCUT2D eigenvalue weighted by Crippen LogP contribution is -2.08. The van der Waals surface area contributed by atoms with Crippen LogP contribution in [0, 0.1) is 0 Å². The summed E-state index contributed by atoms with van der Waals surface area (Å²) in [6, 6.07) is 11.9. The zero-order valence-electron chi connectivity index (χ0n) is 12.7. The summed E-state index contributed by atoms with van der Waals surface area (Å²) in [6.45, 7) is 0. The lowest BCUT2D eigenvalue weighted by molar-refractivity contribution is 0.0697. The molecule has 23 heavy (non-hydrogen) atoms. The Morgan fingerprint density at radius 3 is 2.43 bits per heavy atom. The first-order chi connectivity index (χ1) is 11.0. The van der Waals surface area contributed by atoms with E-state index in [1.807, 2.05) is 43.3 Å². The number of nitrogens with zero attached hydrogens (tertiary/aromatic N) is 1. The molecule has 1 N–H and O–H groups in total. The van der Waals surface area contributed by atoms with Gasteiger partial charge in [-0.1, -0.05) is 12.1 Å². The topological polar surface area (TPSA) is 66.8 Å². The third kappa shape index (κ3) is 2.81. The van der Waals surface area contributed by atoms with Crippen LogP contribution in [0.2, 0.25) is 0 Å². The van der Waals surface area contributed by atoms with Crippen LogP contribution in [-0.4, -0.2) is 31.0 Å². The van der Waals surface area contributed by atoms with Crippen molar-refractivity contribution in [1.82, 2.24) is 0 Å². The highest BCUT2D eigenvalue weighted by Gasteiger charge is 2.28. The van der Waals surface area contributed by atoms with Crippen LogP contribution in [0.3, 0.4) is 0 Å². The summed E-state index contributed by atoms with van der Waals surface area (Å²) in [6.07, 6.45) is 1.65. The summed E-state index contributed by atoms with van der Waals surface area (Å²) in [4.78, 5) is 25.3. The Morgan fingerprint density at radius 2 is 1.83 bits per heavy atom. The second-order valence-corrected chi connectivity index (χ2v) is 5.44. The van der Waals surface area contributed by atoms with Gasteiger partial charge >= 0.3 is 5.97 Å². The number of anilines is 1. The molecule has 0 amide bonds. The minimum atomic E-state index is -1.07. The van der Waals surface area contributed by atoms with Crippen molar-refractivity contribution in [2.24, 2.45) is 0 Å². The van der Waals surface area contributed by atoms with Gasteiger partial charge in [-0.15, -0.1) is 0 Å². The molecule has 2 aromatic carbocycles. The monoisotopic (exact) mass is 309 g/mol. The zero-order chi connectivity index (χ0) is 16.6. The molecule has 2 aromatic rings. The van der Waals surface area contributed by atoms with E-state index in [9.17, 15) is 9.59 Å². The SMILES string of the molecule is CN(C)c1ccc(C=C2Oc3ccc(C(=O)O)cc3C2=O)cc1. The van der Waals surface area contributed by atoms with Gasteiger partial charge in [0.1, 0.15) is 5.75 Å². The van der Waals surface area contributed by atoms with Crippen molar-refractivity contribution in [2.75, 3.05) is 19.0 Å². The average molecular weight is 309 g/mol. The molecule has 1 aliphatic rings. The number of ketones is 1. The van der Waals surface area contributed by atoms with Crippen molar-refractivity contribution in [3.63, 3.8) is 0 Å². The Bertz CT molecular complexity index is 819. The molecule has 0 saturated carbocycles. The molecule has 5 heteroatoms. The van der Waals surface area contributed by atoms with Crippen molar-refractivity contribution in [3.05, 3.63) is 64.9 Å². The minimum Gasteiger partial charge on any atom is -0.478 e. The summed E-state index contributed by atoms with van der Waals surface area (Å²) in [5.74, 6) is -0.798. The maximum atomic E-state index is 12.4. The molecule has 0 atom stereocenters. The first-order valence-corrected chi connectivity index (χ1v) is 7.04. The number of Topliss-reactive ketones (excluding diaryl/α,β-unsaturated/α-hetero) is 1. The number of hydrogen-bond donors (Lipinski definition) is 1. The Kier molecular flexibility index (Phi) is 3.62. The van der Waals surface area contributed by atoms with Gasteiger partial charge in [0, 0.05) is 19.8 Å². The van der Waals surface area contributed by atoms with E-state index in [0.29, 0.717) is 5.75 Å². The third-order valence-corrected chi connectivity index (χ3v) is 3.62. The van der Waals surface area contributed by atoms with E-state index in [1.165, 1.54) is 18.2 Å². The molecule has 3 rings (SSSR count). The number of aromatic carboxylic acids is 1. The number of carboxylic acid groups (broad SMARTS) is 1. The Morgan fingerprint density at radius 1 is 1.13 bits per heavy atom. The quantitative estimate of drug-likeness (QED) is 0.883. The maximum absolute atomic E-state index is 12.4. The summed E-state index contributed by atoms with van der Waals surface area (Å²) < 4.78 is 5.54. The van der Waals surface area contributed by atoms with Gasteiger partial charge in [0.15, 0.2) is 5.76 Å². The molecular weight excluding hydrogens is 294 g/mol. The smallest absolute Gasteiger partial charge is 0.335 e. The van der Waals surface area contributed by atoms with Gasteiger partial charge in [-0.25, -0.2) is 4.79 Å². The van der Waals surface area contributed by atoms with Crippen LogP contribution in [0.4, 0.5) is 5.69 Å². The summed E-state index contributed by atoms with van der Waals surface area (Å²) >= 11 is 0. The van der Waals surface area contributed by atoms with E-state index in [-0.39, 0.29) is 22.7 Å². The standard InChI is InChI=1S/C18H15NO4/c1-19(2)13-6-3-11(4-7-13)9-16-17(20)14-10-12(18(21)22)5-8-15(14)23-16/h3-10H,1-2H3,(H,21,22). The molecule has 0 saturated heterocycles. The van der Waals surface area contributed by atoms with Gasteiger partial charge in [-0.3, -0.25) is 4.79 Å². The van der Waals surface area contributed by atoms with Gasteiger partial charge in [0.25, 0.3) is 0 Å². The summed E-state index contributed by atoms with van der Waals surface area (Å²) in [7, 11) is 3.90. The number of hydrogen-bond acceptors (Lipinski definition) is 4. The molecule has 0 bridgehead atoms. The van der Waals surface area contributed by atoms with Crippen molar-refractivity contribution >= 4 is 23.5 Å². The first kappa shape index (κ1) is 14.8. The van der Waals surface area contributed by atoms with E-state index in [4.69, 9.17) is 9.84 Å². The maximum Gasteiger partial charge on any atom is 0.335 e. The molecule has 0 aliphatic carbocycles. The van der Waals surface area contributed by atoms with Gasteiger partial charge in [0.2, 0.25) is 5.78 Å². The molecule has 0 unspecified atom stereocenters. The third-order valence-electron chi connectivity index (χ3n) is 3.62. The predicted molar refractivity (Wildman–Crippen MR) is 87.1 cm³/mol. The van der Waals surface area contributed by atoms with E-state index >= 15 is 0 Å². The highest BCUT2D eigenvalue weighted by Crippen LogP contribution is 2.32. The number of carboxylic acids is 1. The average Bonchev–Trinajstić information content (AvgIpc) is 2.83. The lowest BCUT2D eigenvalue weighted by atomic mass is 10.1. The molecular formula is C18H15NO4. The first-order valence-electron chi connectivity index (χ1n) is 7.04. The van der Waals surface area contributed by atoms with Crippen molar-refractivity contribution < 1.29 is 19.4 Å². The van der Waals surface area contributed by atoms with E-state index in [1.54, 1.807) is 6.08 Å². The van der Waals surface area contributed by atoms with Gasteiger partial charge in [-0.05, 0) is 42.0 Å². The van der Waals surface area contributed by atoms with Crippen LogP contribution < -0.4 is 9.64 Å². The second-order valence-electron chi connectivity index (χ2n) is 5.44. The molecule has 0 radical (unpaired) electrons. The van der Waals surface area contributed by atoms with Gasteiger partial charge in [0.05, 0.1) is 11.1 Å². The predicted octanol–water partition coefficient (Wildman–Crippen LogP) is 3.07. The highest BCUT2D eigenvalue weighted by molar-refractivity contribution is 6.15. The lowest BCUT2D eigenvalue weighted by Gasteiger charge is -2.11. The molecule has 0 aromatic heterocycles. The zero-order valence-corrected chi connectivity index (χ0v) is 12.7. The molecule has 1 aliphatic heterocycles. The van der Waals surface area contributed by atoms with Crippen LogP contribution in [0.15, 0.2) is 48.2 Å². The fraction of sp³-hybridized carbons (Fsp3) is 0.111. The van der Waals surface area contributed by atoms with Crippen LogP contribution in [0.1, 0.15) is 26.3 Å². The van der Waals surface area contributed by atoms with E-state index in [2.05, 4.69) is 0 Å². The highest BCUT2D eigenvalue weighted by atomic mass is 16.5. The van der Waals surface area contributed by atoms with Crippen LogP contribution in [-0.2, 0) is 0 Å². The van der Waals surface area contributed by atoms with Crippen LogP contribution >= 0.6 is 0 Å². The second kappa shape index (κ2) is 5.61. The molecule has 0 fully saturated rings. The number of allylic oxidation sites excluding steroid dienone is 1. The number of rotatable bonds is 3. The van der Waals surface area contributed by atoms with Crippen molar-refractivity contribution in [2.45, 2.75) is 0 Å². The Balaban J connectivity index is 1.90. The number of carbonyl (C=O) groups excluding carboxylic acids is 1. The van der Waals surface area contributed by atoms with Crippen LogP contribution in [0.25, 0.3) is 6.08 Å². The minimum absolute atomic E-state index is 0.0669. The fourth-order valence-electron chi connectivity index (χ4n) is 2.34. The number of ether oxygens (including phenoxy) is 1. The Labute approximate surface area is 133 Å². The number of carbonyl (C=O) groups is 2. The summed E-state index contributed by atoms with van der Waals surface area (Å²) in [5.41, 5.74) is 2.24. The van der Waals surface area contributed by atoms with E-state index in [0.717, 1.165) is 11.3 Å². The molecule has 0 spiro atoms. The molecule has 116 valence electrons. The largest absolute Gasteiger partial charge is 0.478 e. The molecule has 5 nitrogen and oxygen atoms in total. The Hall–Kier alpha value is -3.08. The van der Waals surface area contributed by atoms with Crippen molar-refractivity contribution in [3.8, 4) is 5.75 Å².